The van der Waals surface area contributed by atoms with Crippen molar-refractivity contribution in [2.75, 3.05) is 26.0 Å². The summed E-state index contributed by atoms with van der Waals surface area (Å²) in [5.74, 6) is -0.0148. The standard InChI is InChI=1S/C11H18N2O3S2/c1-3-4-13(5-6-14)7-10-8-17-11(12-10)9-18(2,15)16/h3,8,14H,1,4-7,9H2,2H3. The molecule has 0 aliphatic rings. The monoisotopic (exact) mass is 290 g/mol. The number of thiazole rings is 1. The van der Waals surface area contributed by atoms with E-state index in [1.54, 1.807) is 6.08 Å². The van der Waals surface area contributed by atoms with E-state index >= 15 is 0 Å². The predicted octanol–water partition coefficient (Wildman–Crippen LogP) is 0.668. The SMILES string of the molecule is C=CCN(CCO)Cc1csc(CS(C)(=O)=O)n1. The molecule has 0 saturated carbocycles. The van der Waals surface area contributed by atoms with E-state index in [4.69, 9.17) is 5.11 Å². The van der Waals surface area contributed by atoms with Crippen molar-refractivity contribution in [2.24, 2.45) is 0 Å². The van der Waals surface area contributed by atoms with Crippen molar-refractivity contribution in [1.29, 1.82) is 0 Å². The van der Waals surface area contributed by atoms with Crippen LogP contribution in [0.5, 0.6) is 0 Å². The van der Waals surface area contributed by atoms with Crippen LogP contribution in [-0.2, 0) is 22.1 Å². The van der Waals surface area contributed by atoms with Crippen LogP contribution in [0.4, 0.5) is 0 Å². The maximum atomic E-state index is 11.1. The van der Waals surface area contributed by atoms with Crippen molar-refractivity contribution >= 4 is 21.2 Å². The van der Waals surface area contributed by atoms with Crippen LogP contribution in [0.2, 0.25) is 0 Å². The second-order valence-electron chi connectivity index (χ2n) is 4.05. The third-order valence-corrected chi connectivity index (χ3v) is 4.05. The first kappa shape index (κ1) is 15.3. The Morgan fingerprint density at radius 3 is 2.89 bits per heavy atom. The topological polar surface area (TPSA) is 70.5 Å². The van der Waals surface area contributed by atoms with Crippen molar-refractivity contribution in [3.63, 3.8) is 0 Å². The molecule has 0 aliphatic heterocycles. The van der Waals surface area contributed by atoms with Gasteiger partial charge in [-0.25, -0.2) is 13.4 Å². The highest BCUT2D eigenvalue weighted by Gasteiger charge is 2.11. The fourth-order valence-corrected chi connectivity index (χ4v) is 3.50. The van der Waals surface area contributed by atoms with Gasteiger partial charge in [-0.05, 0) is 0 Å². The molecule has 0 saturated heterocycles. The van der Waals surface area contributed by atoms with E-state index < -0.39 is 9.84 Å². The average molecular weight is 290 g/mol. The molecule has 1 heterocycles. The Morgan fingerprint density at radius 2 is 2.33 bits per heavy atom. The minimum absolute atomic E-state index is 0.0148. The van der Waals surface area contributed by atoms with Gasteiger partial charge in [0.2, 0.25) is 0 Å². The molecule has 18 heavy (non-hydrogen) atoms. The summed E-state index contributed by atoms with van der Waals surface area (Å²) in [6, 6.07) is 0. The number of aromatic nitrogens is 1. The molecule has 102 valence electrons. The highest BCUT2D eigenvalue weighted by molar-refractivity contribution is 7.90. The van der Waals surface area contributed by atoms with Crippen LogP contribution in [0.25, 0.3) is 0 Å². The Labute approximate surface area is 112 Å². The Kier molecular flexibility index (Phi) is 5.94. The summed E-state index contributed by atoms with van der Waals surface area (Å²) in [5, 5.41) is 11.4. The molecule has 0 bridgehead atoms. The molecular formula is C11H18N2O3S2. The minimum Gasteiger partial charge on any atom is -0.395 e. The van der Waals surface area contributed by atoms with E-state index in [2.05, 4.69) is 11.6 Å². The second-order valence-corrected chi connectivity index (χ2v) is 7.13. The summed E-state index contributed by atoms with van der Waals surface area (Å²) in [6.07, 6.45) is 2.96. The third-order valence-electron chi connectivity index (χ3n) is 2.17. The van der Waals surface area contributed by atoms with E-state index in [1.165, 1.54) is 17.6 Å². The van der Waals surface area contributed by atoms with E-state index in [1.807, 2.05) is 10.3 Å². The second kappa shape index (κ2) is 6.98. The van der Waals surface area contributed by atoms with Gasteiger partial charge in [-0.1, -0.05) is 6.08 Å². The number of hydrogen-bond donors (Lipinski definition) is 1. The van der Waals surface area contributed by atoms with Crippen molar-refractivity contribution < 1.29 is 13.5 Å². The smallest absolute Gasteiger partial charge is 0.153 e. The van der Waals surface area contributed by atoms with E-state index in [0.717, 1.165) is 5.69 Å². The molecule has 0 spiro atoms. The highest BCUT2D eigenvalue weighted by atomic mass is 32.2. The van der Waals surface area contributed by atoms with Gasteiger partial charge in [0.05, 0.1) is 12.3 Å². The Hall–Kier alpha value is -0.760. The summed E-state index contributed by atoms with van der Waals surface area (Å²) >= 11 is 1.35. The summed E-state index contributed by atoms with van der Waals surface area (Å²) in [4.78, 5) is 6.27. The number of sulfone groups is 1. The van der Waals surface area contributed by atoms with Gasteiger partial charge in [-0.3, -0.25) is 4.90 Å². The number of rotatable bonds is 8. The lowest BCUT2D eigenvalue weighted by Crippen LogP contribution is -2.26. The zero-order valence-corrected chi connectivity index (χ0v) is 12.0. The summed E-state index contributed by atoms with van der Waals surface area (Å²) in [6.45, 7) is 5.54. The lowest BCUT2D eigenvalue weighted by molar-refractivity contribution is 0.202. The van der Waals surface area contributed by atoms with Crippen LogP contribution in [0.1, 0.15) is 10.7 Å². The first-order chi connectivity index (χ1) is 8.44. The van der Waals surface area contributed by atoms with Gasteiger partial charge in [0.25, 0.3) is 0 Å². The van der Waals surface area contributed by atoms with Crippen molar-refractivity contribution in [2.45, 2.75) is 12.3 Å². The maximum absolute atomic E-state index is 11.1. The van der Waals surface area contributed by atoms with E-state index in [-0.39, 0.29) is 12.4 Å². The first-order valence-electron chi connectivity index (χ1n) is 5.49. The molecule has 1 rings (SSSR count). The molecule has 1 N–H and O–H groups in total. The predicted molar refractivity (Wildman–Crippen MR) is 73.2 cm³/mol. The Balaban J connectivity index is 2.64. The van der Waals surface area contributed by atoms with Crippen molar-refractivity contribution in [3.8, 4) is 0 Å². The van der Waals surface area contributed by atoms with Gasteiger partial charge < -0.3 is 5.11 Å². The van der Waals surface area contributed by atoms with Crippen LogP contribution in [0, 0.1) is 0 Å². The highest BCUT2D eigenvalue weighted by Crippen LogP contribution is 2.14. The lowest BCUT2D eigenvalue weighted by atomic mass is 10.4. The molecule has 5 nitrogen and oxygen atoms in total. The molecule has 0 aromatic carbocycles. The minimum atomic E-state index is -3.03. The van der Waals surface area contributed by atoms with Gasteiger partial charge in [0, 0.05) is 31.3 Å². The molecule has 0 radical (unpaired) electrons. The van der Waals surface area contributed by atoms with E-state index in [9.17, 15) is 8.42 Å². The summed E-state index contributed by atoms with van der Waals surface area (Å²) < 4.78 is 22.3. The van der Waals surface area contributed by atoms with Crippen LogP contribution in [-0.4, -0.2) is 49.4 Å². The fraction of sp³-hybridized carbons (Fsp3) is 0.545. The van der Waals surface area contributed by atoms with Crippen LogP contribution in [0.3, 0.4) is 0 Å². The fourth-order valence-electron chi connectivity index (χ4n) is 1.50. The third kappa shape index (κ3) is 5.72. The van der Waals surface area contributed by atoms with Crippen molar-refractivity contribution in [1.82, 2.24) is 9.88 Å². The summed E-state index contributed by atoms with van der Waals surface area (Å²) in [5.41, 5.74) is 0.828. The number of nitrogens with zero attached hydrogens (tertiary/aromatic N) is 2. The van der Waals surface area contributed by atoms with E-state index in [0.29, 0.717) is 24.6 Å². The molecular weight excluding hydrogens is 272 g/mol. The van der Waals surface area contributed by atoms with Gasteiger partial charge in [-0.15, -0.1) is 17.9 Å². The molecule has 7 heteroatoms. The zero-order valence-electron chi connectivity index (χ0n) is 10.4. The van der Waals surface area contributed by atoms with Gasteiger partial charge in [-0.2, -0.15) is 0 Å². The first-order valence-corrected chi connectivity index (χ1v) is 8.43. The van der Waals surface area contributed by atoms with Crippen LogP contribution in [0.15, 0.2) is 18.0 Å². The van der Waals surface area contributed by atoms with Gasteiger partial charge in [0.15, 0.2) is 9.84 Å². The quantitative estimate of drug-likeness (QED) is 0.713. The molecule has 0 unspecified atom stereocenters. The van der Waals surface area contributed by atoms with Gasteiger partial charge in [0.1, 0.15) is 10.8 Å². The molecule has 0 atom stereocenters. The number of aliphatic hydroxyl groups excluding tert-OH is 1. The van der Waals surface area contributed by atoms with Crippen molar-refractivity contribution in [3.05, 3.63) is 28.7 Å². The zero-order chi connectivity index (χ0) is 13.6. The van der Waals surface area contributed by atoms with Crippen LogP contribution >= 0.6 is 11.3 Å². The van der Waals surface area contributed by atoms with Gasteiger partial charge >= 0.3 is 0 Å². The van der Waals surface area contributed by atoms with Crippen LogP contribution < -0.4 is 0 Å². The molecule has 0 amide bonds. The molecule has 1 aromatic rings. The Bertz CT molecular complexity index is 482. The average Bonchev–Trinajstić information content (AvgIpc) is 2.63. The number of aliphatic hydroxyl groups is 1. The molecule has 0 aliphatic carbocycles. The Morgan fingerprint density at radius 1 is 1.61 bits per heavy atom. The summed E-state index contributed by atoms with van der Waals surface area (Å²) in [7, 11) is -3.03. The maximum Gasteiger partial charge on any atom is 0.153 e. The molecule has 1 aromatic heterocycles. The molecule has 0 fully saturated rings. The lowest BCUT2D eigenvalue weighted by Gasteiger charge is -2.17. The normalized spacial score (nSPS) is 11.9. The largest absolute Gasteiger partial charge is 0.395 e. The number of hydrogen-bond acceptors (Lipinski definition) is 6.